The monoisotopic (exact) mass is 391 g/mol. The minimum absolute atomic E-state index is 0.00367. The molecule has 130 valence electrons. The Morgan fingerprint density at radius 3 is 2.08 bits per heavy atom. The van der Waals surface area contributed by atoms with Gasteiger partial charge < -0.3 is 0 Å². The van der Waals surface area contributed by atoms with Gasteiger partial charge in [0.2, 0.25) is 0 Å². The summed E-state index contributed by atoms with van der Waals surface area (Å²) in [6, 6.07) is 9.04. The molecule has 0 radical (unpaired) electrons. The fourth-order valence-corrected chi connectivity index (χ4v) is 3.08. The molecule has 4 nitrogen and oxygen atoms in total. The molecule has 0 saturated carbocycles. The van der Waals surface area contributed by atoms with Crippen LogP contribution in [0.1, 0.15) is 5.56 Å². The van der Waals surface area contributed by atoms with Crippen LogP contribution in [0.25, 0.3) is 22.4 Å². The largest absolute Gasteiger partial charge is 0.285 e. The number of hydrogen-bond donors (Lipinski definition) is 0. The predicted molar refractivity (Wildman–Crippen MR) is 95.0 cm³/mol. The number of hydrogen-bond acceptors (Lipinski definition) is 3. The molecule has 0 fully saturated rings. The van der Waals surface area contributed by atoms with E-state index in [1.807, 2.05) is 6.07 Å². The van der Waals surface area contributed by atoms with E-state index < -0.39 is 17.2 Å². The SMILES string of the molecule is Cn1nc(-c2ccc(F)cc2Cl)c(-c2ccc(F)cc2Cl)c(C#N)c1=O. The van der Waals surface area contributed by atoms with Crippen molar-refractivity contribution in [3.63, 3.8) is 0 Å². The van der Waals surface area contributed by atoms with Crippen molar-refractivity contribution in [1.29, 1.82) is 5.26 Å². The standard InChI is InChI=1S/C18H9Cl2F2N3O/c1-25-18(26)13(8-23)16(11-4-2-9(21)6-14(11)19)17(24-25)12-5-3-10(22)7-15(12)20/h2-7H,1H3. The lowest BCUT2D eigenvalue weighted by Crippen LogP contribution is -2.24. The smallest absolute Gasteiger partial charge is 0.266 e. The first kappa shape index (κ1) is 18.1. The van der Waals surface area contributed by atoms with Gasteiger partial charge in [0, 0.05) is 23.7 Å². The van der Waals surface area contributed by atoms with Crippen LogP contribution in [0, 0.1) is 23.0 Å². The molecule has 3 aromatic rings. The molecule has 0 amide bonds. The molecular formula is C18H9Cl2F2N3O. The summed E-state index contributed by atoms with van der Waals surface area (Å²) in [5, 5.41) is 13.7. The van der Waals surface area contributed by atoms with Gasteiger partial charge in [-0.1, -0.05) is 23.2 Å². The van der Waals surface area contributed by atoms with E-state index in [0.717, 1.165) is 22.9 Å². The zero-order chi connectivity index (χ0) is 19.0. The lowest BCUT2D eigenvalue weighted by Gasteiger charge is -2.14. The first-order valence-electron chi connectivity index (χ1n) is 7.25. The Morgan fingerprint density at radius 1 is 1.04 bits per heavy atom. The third-order valence-electron chi connectivity index (χ3n) is 3.74. The summed E-state index contributed by atoms with van der Waals surface area (Å²) in [6.07, 6.45) is 0. The molecule has 0 N–H and O–H groups in total. The molecule has 0 bridgehead atoms. The minimum atomic E-state index is -0.648. The van der Waals surface area contributed by atoms with Gasteiger partial charge in [-0.3, -0.25) is 4.79 Å². The summed E-state index contributed by atoms with van der Waals surface area (Å²) in [6.45, 7) is 0. The number of aryl methyl sites for hydroxylation is 1. The minimum Gasteiger partial charge on any atom is -0.266 e. The van der Waals surface area contributed by atoms with Gasteiger partial charge in [-0.15, -0.1) is 0 Å². The fraction of sp³-hybridized carbons (Fsp3) is 0.0556. The van der Waals surface area contributed by atoms with Crippen LogP contribution in [0.2, 0.25) is 10.0 Å². The van der Waals surface area contributed by atoms with E-state index in [2.05, 4.69) is 5.10 Å². The number of benzene rings is 2. The first-order valence-corrected chi connectivity index (χ1v) is 8.01. The zero-order valence-corrected chi connectivity index (χ0v) is 14.7. The van der Waals surface area contributed by atoms with Crippen molar-refractivity contribution in [2.75, 3.05) is 0 Å². The molecule has 0 unspecified atom stereocenters. The second kappa shape index (κ2) is 6.87. The average molecular weight is 392 g/mol. The Bertz CT molecular complexity index is 1140. The number of halogens is 4. The molecule has 0 saturated heterocycles. The molecule has 26 heavy (non-hydrogen) atoms. The van der Waals surface area contributed by atoms with Gasteiger partial charge in [0.25, 0.3) is 5.56 Å². The zero-order valence-electron chi connectivity index (χ0n) is 13.2. The highest BCUT2D eigenvalue weighted by molar-refractivity contribution is 6.34. The summed E-state index contributed by atoms with van der Waals surface area (Å²) in [7, 11) is 1.38. The number of aromatic nitrogens is 2. The van der Waals surface area contributed by atoms with Crippen molar-refractivity contribution in [2.24, 2.45) is 7.05 Å². The number of nitrogens with zero attached hydrogens (tertiary/aromatic N) is 3. The average Bonchev–Trinajstić information content (AvgIpc) is 2.57. The quantitative estimate of drug-likeness (QED) is 0.642. The van der Waals surface area contributed by atoms with Gasteiger partial charge in [-0.2, -0.15) is 10.4 Å². The number of nitriles is 1. The van der Waals surface area contributed by atoms with Gasteiger partial charge in [0.15, 0.2) is 0 Å². The highest BCUT2D eigenvalue weighted by Gasteiger charge is 2.22. The molecule has 1 heterocycles. The van der Waals surface area contributed by atoms with E-state index in [1.165, 1.54) is 25.2 Å². The van der Waals surface area contributed by atoms with Crippen molar-refractivity contribution in [3.05, 3.63) is 74.0 Å². The van der Waals surface area contributed by atoms with Crippen LogP contribution in [0.4, 0.5) is 8.78 Å². The third kappa shape index (κ3) is 3.07. The Morgan fingerprint density at radius 2 is 1.58 bits per heavy atom. The number of rotatable bonds is 2. The van der Waals surface area contributed by atoms with Crippen LogP contribution >= 0.6 is 23.2 Å². The maximum atomic E-state index is 13.4. The second-order valence-corrected chi connectivity index (χ2v) is 6.20. The molecule has 2 aromatic carbocycles. The van der Waals surface area contributed by atoms with Crippen LogP contribution < -0.4 is 5.56 Å². The Balaban J connectivity index is 2.47. The van der Waals surface area contributed by atoms with E-state index in [1.54, 1.807) is 0 Å². The van der Waals surface area contributed by atoms with Gasteiger partial charge in [-0.05, 0) is 36.4 Å². The first-order chi connectivity index (χ1) is 12.3. The molecule has 0 spiro atoms. The highest BCUT2D eigenvalue weighted by Crippen LogP contribution is 2.38. The van der Waals surface area contributed by atoms with Gasteiger partial charge in [-0.25, -0.2) is 13.5 Å². The van der Waals surface area contributed by atoms with Crippen molar-refractivity contribution in [1.82, 2.24) is 9.78 Å². The van der Waals surface area contributed by atoms with E-state index in [0.29, 0.717) is 5.56 Å². The van der Waals surface area contributed by atoms with Crippen LogP contribution in [0.3, 0.4) is 0 Å². The second-order valence-electron chi connectivity index (χ2n) is 5.39. The molecule has 3 rings (SSSR count). The molecular weight excluding hydrogens is 383 g/mol. The van der Waals surface area contributed by atoms with Crippen molar-refractivity contribution in [2.45, 2.75) is 0 Å². The molecule has 1 aromatic heterocycles. The van der Waals surface area contributed by atoms with Gasteiger partial charge >= 0.3 is 0 Å². The molecule has 8 heteroatoms. The summed E-state index contributed by atoms with van der Waals surface area (Å²) in [4.78, 5) is 12.4. The van der Waals surface area contributed by atoms with Crippen molar-refractivity contribution < 1.29 is 8.78 Å². The normalized spacial score (nSPS) is 10.6. The Kier molecular flexibility index (Phi) is 4.77. The van der Waals surface area contributed by atoms with Crippen molar-refractivity contribution in [3.8, 4) is 28.5 Å². The van der Waals surface area contributed by atoms with Crippen LogP contribution in [0.15, 0.2) is 41.2 Å². The molecule has 0 aliphatic heterocycles. The molecule has 0 aliphatic carbocycles. The summed E-state index contributed by atoms with van der Waals surface area (Å²) in [5.74, 6) is -1.12. The van der Waals surface area contributed by atoms with E-state index >= 15 is 0 Å². The predicted octanol–water partition coefficient (Wildman–Crippen LogP) is 4.57. The molecule has 0 aliphatic rings. The van der Waals surface area contributed by atoms with Crippen LogP contribution in [-0.4, -0.2) is 9.78 Å². The lowest BCUT2D eigenvalue weighted by molar-refractivity contribution is 0.627. The summed E-state index contributed by atoms with van der Waals surface area (Å²) >= 11 is 12.3. The lowest BCUT2D eigenvalue weighted by atomic mass is 9.96. The Labute approximate surface area is 156 Å². The highest BCUT2D eigenvalue weighted by atomic mass is 35.5. The summed E-state index contributed by atoms with van der Waals surface area (Å²) < 4.78 is 27.8. The van der Waals surface area contributed by atoms with Crippen molar-refractivity contribution >= 4 is 23.2 Å². The topological polar surface area (TPSA) is 58.7 Å². The third-order valence-corrected chi connectivity index (χ3v) is 4.37. The maximum absolute atomic E-state index is 13.4. The van der Waals surface area contributed by atoms with Crippen LogP contribution in [0.5, 0.6) is 0 Å². The van der Waals surface area contributed by atoms with Gasteiger partial charge in [0.1, 0.15) is 29.0 Å². The fourth-order valence-electron chi connectivity index (χ4n) is 2.56. The van der Waals surface area contributed by atoms with E-state index in [-0.39, 0.29) is 32.4 Å². The van der Waals surface area contributed by atoms with E-state index in [9.17, 15) is 18.8 Å². The summed E-state index contributed by atoms with van der Waals surface area (Å²) in [5.41, 5.74) is -0.0756. The Hall–Kier alpha value is -2.75. The van der Waals surface area contributed by atoms with Crippen LogP contribution in [-0.2, 0) is 7.05 Å². The maximum Gasteiger partial charge on any atom is 0.285 e. The van der Waals surface area contributed by atoms with Gasteiger partial charge in [0.05, 0.1) is 10.0 Å². The molecule has 0 atom stereocenters. The van der Waals surface area contributed by atoms with E-state index in [4.69, 9.17) is 23.2 Å².